The van der Waals surface area contributed by atoms with Crippen LogP contribution in [-0.4, -0.2) is 59.1 Å². The molecule has 0 amide bonds. The Morgan fingerprint density at radius 1 is 0.742 bits per heavy atom. The van der Waals surface area contributed by atoms with Crippen molar-refractivity contribution in [1.29, 1.82) is 0 Å². The van der Waals surface area contributed by atoms with E-state index in [1.807, 2.05) is 0 Å². The van der Waals surface area contributed by atoms with Crippen LogP contribution in [0.25, 0.3) is 0 Å². The minimum Gasteiger partial charge on any atom is -0.460 e. The summed E-state index contributed by atoms with van der Waals surface area (Å²) in [4.78, 5) is 11.5. The molecule has 0 aromatic heterocycles. The maximum Gasteiger partial charge on any atom is 0.460 e. The second-order valence-corrected chi connectivity index (χ2v) is 6.92. The van der Waals surface area contributed by atoms with E-state index in [1.165, 1.54) is 0 Å². The lowest BCUT2D eigenvalue weighted by atomic mass is 9.91. The monoisotopic (exact) mass is 490 g/mol. The van der Waals surface area contributed by atoms with Crippen molar-refractivity contribution in [3.8, 4) is 0 Å². The molecule has 1 rings (SSSR count). The molecule has 184 valence electrons. The second kappa shape index (κ2) is 8.46. The summed E-state index contributed by atoms with van der Waals surface area (Å²) in [6, 6.07) is 0. The normalized spacial score (nSPS) is 19.3. The van der Waals surface area contributed by atoms with Gasteiger partial charge in [0.25, 0.3) is 0 Å². The highest BCUT2D eigenvalue weighted by Crippen LogP contribution is 2.60. The number of alkyl halides is 13. The van der Waals surface area contributed by atoms with Crippen LogP contribution in [-0.2, 0) is 9.53 Å². The summed E-state index contributed by atoms with van der Waals surface area (Å²) in [6.45, 7) is 0. The Hall–Kier alpha value is -1.48. The van der Waals surface area contributed by atoms with Gasteiger partial charge < -0.3 is 9.84 Å². The molecule has 1 unspecified atom stereocenters. The Bertz CT molecular complexity index is 639. The van der Waals surface area contributed by atoms with E-state index in [2.05, 4.69) is 4.74 Å². The van der Waals surface area contributed by atoms with E-state index < -0.39 is 60.4 Å². The van der Waals surface area contributed by atoms with Crippen LogP contribution in [0.1, 0.15) is 38.5 Å². The topological polar surface area (TPSA) is 46.5 Å². The molecule has 1 aliphatic carbocycles. The summed E-state index contributed by atoms with van der Waals surface area (Å²) in [5.41, 5.74) is 0. The fraction of sp³-hybridized carbons (Fsp3) is 0.933. The molecule has 0 bridgehead atoms. The Kier molecular flexibility index (Phi) is 7.52. The third kappa shape index (κ3) is 4.82. The van der Waals surface area contributed by atoms with E-state index in [4.69, 9.17) is 0 Å². The van der Waals surface area contributed by atoms with Gasteiger partial charge >= 0.3 is 41.8 Å². The van der Waals surface area contributed by atoms with Crippen molar-refractivity contribution < 1.29 is 71.7 Å². The number of aliphatic hydroxyl groups is 1. The zero-order valence-corrected chi connectivity index (χ0v) is 15.1. The molecule has 1 fully saturated rings. The zero-order valence-electron chi connectivity index (χ0n) is 15.1. The van der Waals surface area contributed by atoms with E-state index in [0.29, 0.717) is 19.3 Å². The van der Waals surface area contributed by atoms with E-state index in [9.17, 15) is 67.0 Å². The molecule has 0 aromatic carbocycles. The van der Waals surface area contributed by atoms with Gasteiger partial charge in [-0.25, -0.2) is 4.79 Å². The van der Waals surface area contributed by atoms with Crippen LogP contribution in [0.2, 0.25) is 0 Å². The second-order valence-electron chi connectivity index (χ2n) is 6.92. The largest absolute Gasteiger partial charge is 0.460 e. The van der Waals surface area contributed by atoms with Gasteiger partial charge in [0.2, 0.25) is 0 Å². The lowest BCUT2D eigenvalue weighted by Gasteiger charge is -2.40. The first-order chi connectivity index (χ1) is 13.6. The summed E-state index contributed by atoms with van der Waals surface area (Å²) in [5.74, 6) is -39.9. The molecular formula is C15H15F13O3. The highest BCUT2D eigenvalue weighted by molar-refractivity contribution is 5.74. The Balaban J connectivity index is 3.11. The van der Waals surface area contributed by atoms with E-state index in [0.717, 1.165) is 0 Å². The fourth-order valence-electron chi connectivity index (χ4n) is 2.68. The van der Waals surface area contributed by atoms with Crippen LogP contribution in [0.3, 0.4) is 0 Å². The highest BCUT2D eigenvalue weighted by Gasteiger charge is 2.90. The van der Waals surface area contributed by atoms with Crippen molar-refractivity contribution in [3.63, 3.8) is 0 Å². The summed E-state index contributed by atoms with van der Waals surface area (Å²) < 4.78 is 173. The van der Waals surface area contributed by atoms with Crippen LogP contribution >= 0.6 is 0 Å². The quantitative estimate of drug-likeness (QED) is 0.369. The Labute approximate surface area is 165 Å². The van der Waals surface area contributed by atoms with E-state index in [-0.39, 0.29) is 12.8 Å². The highest BCUT2D eigenvalue weighted by atomic mass is 19.4. The molecule has 1 saturated carbocycles. The fourth-order valence-corrected chi connectivity index (χ4v) is 2.68. The number of ether oxygens (including phenoxy) is 1. The Morgan fingerprint density at radius 2 is 1.16 bits per heavy atom. The first-order valence-corrected chi connectivity index (χ1v) is 8.48. The van der Waals surface area contributed by atoms with Gasteiger partial charge in [-0.2, -0.15) is 57.1 Å². The number of rotatable bonds is 8. The zero-order chi connectivity index (χ0) is 24.7. The third-order valence-electron chi connectivity index (χ3n) is 4.56. The number of halogens is 13. The van der Waals surface area contributed by atoms with Gasteiger partial charge in [-0.1, -0.05) is 6.42 Å². The molecule has 0 aliphatic heterocycles. The summed E-state index contributed by atoms with van der Waals surface area (Å²) >= 11 is 0. The number of carbonyl (C=O) groups is 1. The van der Waals surface area contributed by atoms with Gasteiger partial charge in [-0.3, -0.25) is 0 Å². The van der Waals surface area contributed by atoms with Crippen molar-refractivity contribution >= 4 is 5.97 Å². The number of aliphatic hydroxyl groups excluding tert-OH is 1. The maximum absolute atomic E-state index is 13.6. The van der Waals surface area contributed by atoms with Gasteiger partial charge in [-0.05, 0) is 25.7 Å². The molecular weight excluding hydrogens is 475 g/mol. The predicted octanol–water partition coefficient (Wildman–Crippen LogP) is 5.35. The van der Waals surface area contributed by atoms with Crippen molar-refractivity contribution in [1.82, 2.24) is 0 Å². The van der Waals surface area contributed by atoms with Crippen LogP contribution in [0, 0.1) is 0 Å². The van der Waals surface area contributed by atoms with E-state index in [1.54, 1.807) is 0 Å². The minimum atomic E-state index is -8.03. The molecule has 3 nitrogen and oxygen atoms in total. The lowest BCUT2D eigenvalue weighted by Crippen LogP contribution is -2.70. The molecule has 1 N–H and O–H groups in total. The first-order valence-electron chi connectivity index (χ1n) is 8.48. The number of hydrogen-bond donors (Lipinski definition) is 1. The molecule has 1 aliphatic rings. The van der Waals surface area contributed by atoms with Crippen LogP contribution in [0.4, 0.5) is 57.1 Å². The minimum absolute atomic E-state index is 0.182. The van der Waals surface area contributed by atoms with Gasteiger partial charge in [0.1, 0.15) is 6.10 Å². The summed E-state index contributed by atoms with van der Waals surface area (Å²) in [7, 11) is 0. The predicted molar refractivity (Wildman–Crippen MR) is 74.4 cm³/mol. The first kappa shape index (κ1) is 27.6. The van der Waals surface area contributed by atoms with Crippen LogP contribution < -0.4 is 0 Å². The van der Waals surface area contributed by atoms with Gasteiger partial charge in [0, 0.05) is 0 Å². The third-order valence-corrected chi connectivity index (χ3v) is 4.56. The SMILES string of the molecule is O=C(OC1CCCCC1)C(O)CC(F)(F)C(F)(F)C(F)(F)C(F)(F)C(F)(F)C(F)(F)F. The Morgan fingerprint density at radius 3 is 1.58 bits per heavy atom. The molecule has 0 aromatic rings. The molecule has 31 heavy (non-hydrogen) atoms. The van der Waals surface area contributed by atoms with Gasteiger partial charge in [-0.15, -0.1) is 0 Å². The molecule has 0 spiro atoms. The smallest absolute Gasteiger partial charge is 0.460 e. The van der Waals surface area contributed by atoms with Crippen LogP contribution in [0.5, 0.6) is 0 Å². The number of esters is 1. The molecule has 16 heteroatoms. The molecule has 0 radical (unpaired) electrons. The summed E-state index contributed by atoms with van der Waals surface area (Å²) in [5, 5.41) is 9.26. The standard InChI is InChI=1S/C15H15F13O3/c16-10(17,6-8(29)9(30)31-7-4-2-1-3-5-7)11(18,19)12(20,21)13(22,23)14(24,25)15(26,27)28/h7-8,29H,1-6H2. The van der Waals surface area contributed by atoms with Gasteiger partial charge in [0.15, 0.2) is 6.10 Å². The number of hydrogen-bond acceptors (Lipinski definition) is 3. The van der Waals surface area contributed by atoms with Crippen molar-refractivity contribution in [3.05, 3.63) is 0 Å². The van der Waals surface area contributed by atoms with Crippen LogP contribution in [0.15, 0.2) is 0 Å². The van der Waals surface area contributed by atoms with Crippen molar-refractivity contribution in [2.24, 2.45) is 0 Å². The lowest BCUT2D eigenvalue weighted by molar-refractivity contribution is -0.440. The van der Waals surface area contributed by atoms with Gasteiger partial charge in [0.05, 0.1) is 6.42 Å². The average molecular weight is 490 g/mol. The van der Waals surface area contributed by atoms with Crippen molar-refractivity contribution in [2.45, 2.75) is 86.5 Å². The molecule has 0 heterocycles. The molecule has 0 saturated heterocycles. The molecule has 1 atom stereocenters. The average Bonchev–Trinajstić information content (AvgIpc) is 2.60. The van der Waals surface area contributed by atoms with E-state index >= 15 is 0 Å². The van der Waals surface area contributed by atoms with Crippen molar-refractivity contribution in [2.75, 3.05) is 0 Å². The number of carbonyl (C=O) groups excluding carboxylic acids is 1. The summed E-state index contributed by atoms with van der Waals surface area (Å²) in [6.07, 6.45) is -12.7. The maximum atomic E-state index is 13.6.